The summed E-state index contributed by atoms with van der Waals surface area (Å²) in [5, 5.41) is -0.288. The number of nitrogens with zero attached hydrogens (tertiary/aromatic N) is 1. The molecule has 1 N–H and O–H groups in total. The van der Waals surface area contributed by atoms with E-state index in [4.69, 9.17) is 9.35 Å². The molecule has 4 nitrogen and oxygen atoms in total. The van der Waals surface area contributed by atoms with Crippen molar-refractivity contribution in [2.45, 2.75) is 32.0 Å². The van der Waals surface area contributed by atoms with Crippen LogP contribution in [0, 0.1) is 0 Å². The monoisotopic (exact) mass is 193 g/mol. The molecule has 72 valence electrons. The minimum absolute atomic E-state index is 0.288. The van der Waals surface area contributed by atoms with Crippen LogP contribution in [0.15, 0.2) is 0 Å². The molecule has 0 aromatic rings. The van der Waals surface area contributed by atoms with Crippen LogP contribution in [0.2, 0.25) is 0 Å². The van der Waals surface area contributed by atoms with Gasteiger partial charge in [-0.05, 0) is 0 Å². The van der Waals surface area contributed by atoms with Crippen molar-refractivity contribution in [2.24, 2.45) is 0 Å². The fraction of sp³-hybridized carbons (Fsp3) is 1.00. The first-order valence-corrected chi connectivity index (χ1v) is 6.17. The van der Waals surface area contributed by atoms with Gasteiger partial charge in [0.05, 0.1) is 0 Å². The normalized spacial score (nSPS) is 31.9. The van der Waals surface area contributed by atoms with Gasteiger partial charge in [-0.25, -0.2) is 0 Å². The van der Waals surface area contributed by atoms with Crippen molar-refractivity contribution >= 4 is 7.94 Å². The van der Waals surface area contributed by atoms with E-state index in [2.05, 4.69) is 4.90 Å². The summed E-state index contributed by atoms with van der Waals surface area (Å²) in [7, 11) is -2.77. The van der Waals surface area contributed by atoms with Gasteiger partial charge in [-0.3, -0.25) is 0 Å². The van der Waals surface area contributed by atoms with Crippen molar-refractivity contribution in [1.29, 1.82) is 0 Å². The van der Waals surface area contributed by atoms with E-state index in [9.17, 15) is 4.89 Å². The molecule has 0 bridgehead atoms. The quantitative estimate of drug-likeness (QED) is 0.407. The second kappa shape index (κ2) is 2.63. The Hall–Kier alpha value is 0.270. The standard InChI is InChI=1S/C7H16NO3P/c1-7(2,12(9)10-11-12)8-5-3-4-6-8/h9,12H,3-6H2,1-2H3. The van der Waals surface area contributed by atoms with Crippen LogP contribution >= 0.6 is 7.94 Å². The number of hydrogen-bond acceptors (Lipinski definition) is 4. The Kier molecular flexibility index (Phi) is 1.94. The van der Waals surface area contributed by atoms with E-state index in [1.165, 1.54) is 12.8 Å². The van der Waals surface area contributed by atoms with Crippen LogP contribution in [0.4, 0.5) is 0 Å². The van der Waals surface area contributed by atoms with Gasteiger partial charge in [0.25, 0.3) is 0 Å². The Morgan fingerprint density at radius 1 is 1.25 bits per heavy atom. The third-order valence-electron chi connectivity index (χ3n) is 2.91. The molecular formula is C7H16NO3P. The molecule has 2 fully saturated rings. The van der Waals surface area contributed by atoms with Crippen molar-refractivity contribution in [3.63, 3.8) is 0 Å². The predicted molar refractivity (Wildman–Crippen MR) is 47.6 cm³/mol. The molecule has 0 aromatic carbocycles. The number of hydrogen-bond donors (Lipinski definition) is 1. The maximum atomic E-state index is 9.77. The van der Waals surface area contributed by atoms with E-state index >= 15 is 0 Å². The summed E-state index contributed by atoms with van der Waals surface area (Å²) in [4.78, 5) is 12.0. The minimum atomic E-state index is -2.77. The molecule has 0 radical (unpaired) electrons. The molecule has 2 aliphatic rings. The van der Waals surface area contributed by atoms with Crippen molar-refractivity contribution in [2.75, 3.05) is 13.1 Å². The summed E-state index contributed by atoms with van der Waals surface area (Å²) in [6.45, 7) is 6.10. The van der Waals surface area contributed by atoms with Crippen molar-refractivity contribution in [3.05, 3.63) is 0 Å². The third kappa shape index (κ3) is 1.19. The molecule has 12 heavy (non-hydrogen) atoms. The van der Waals surface area contributed by atoms with E-state index in [1.54, 1.807) is 0 Å². The fourth-order valence-electron chi connectivity index (χ4n) is 1.72. The zero-order valence-corrected chi connectivity index (χ0v) is 8.54. The summed E-state index contributed by atoms with van der Waals surface area (Å²) < 4.78 is 9.45. The molecular weight excluding hydrogens is 177 g/mol. The molecule has 0 aliphatic carbocycles. The van der Waals surface area contributed by atoms with Gasteiger partial charge in [0, 0.05) is 0 Å². The Balaban J connectivity index is 2.08. The fourth-order valence-corrected chi connectivity index (χ4v) is 3.07. The second-order valence-electron chi connectivity index (χ2n) is 4.00. The molecule has 2 saturated heterocycles. The topological polar surface area (TPSA) is 48.5 Å². The van der Waals surface area contributed by atoms with Crippen LogP contribution in [0.5, 0.6) is 0 Å². The van der Waals surface area contributed by atoms with Gasteiger partial charge >= 0.3 is 72.1 Å². The first kappa shape index (κ1) is 8.85. The summed E-state index contributed by atoms with van der Waals surface area (Å²) in [5.74, 6) is 0. The molecule has 2 heterocycles. The SMILES string of the molecule is CC(C)(N1CCCC1)[PH]1(O)OO1. The zero-order valence-electron chi connectivity index (χ0n) is 7.54. The van der Waals surface area contributed by atoms with E-state index < -0.39 is 7.94 Å². The van der Waals surface area contributed by atoms with E-state index in [1.807, 2.05) is 13.8 Å². The Labute approximate surface area is 73.0 Å². The first-order valence-electron chi connectivity index (χ1n) is 4.40. The summed E-state index contributed by atoms with van der Waals surface area (Å²) in [6.07, 6.45) is 2.43. The first-order chi connectivity index (χ1) is 5.56. The van der Waals surface area contributed by atoms with Crippen LogP contribution in [-0.2, 0) is 9.35 Å². The van der Waals surface area contributed by atoms with Gasteiger partial charge in [-0.1, -0.05) is 0 Å². The van der Waals surface area contributed by atoms with Gasteiger partial charge in [0.15, 0.2) is 0 Å². The van der Waals surface area contributed by atoms with Gasteiger partial charge in [0.2, 0.25) is 0 Å². The zero-order chi connectivity index (χ0) is 8.82. The number of rotatable bonds is 2. The van der Waals surface area contributed by atoms with Crippen molar-refractivity contribution in [1.82, 2.24) is 4.90 Å². The molecule has 0 amide bonds. The average Bonchev–Trinajstić information content (AvgIpc) is 2.59. The molecule has 0 spiro atoms. The second-order valence-corrected chi connectivity index (χ2v) is 6.72. The Morgan fingerprint density at radius 2 is 1.75 bits per heavy atom. The predicted octanol–water partition coefficient (Wildman–Crippen LogP) is 1.27. The average molecular weight is 193 g/mol. The molecule has 2 rings (SSSR count). The number of likely N-dealkylation sites (tertiary alicyclic amines) is 1. The van der Waals surface area contributed by atoms with E-state index in [0.717, 1.165) is 13.1 Å². The maximum absolute atomic E-state index is 9.77. The van der Waals surface area contributed by atoms with Gasteiger partial charge in [-0.2, -0.15) is 0 Å². The molecule has 5 heteroatoms. The van der Waals surface area contributed by atoms with Crippen LogP contribution < -0.4 is 0 Å². The van der Waals surface area contributed by atoms with Gasteiger partial charge in [0.1, 0.15) is 0 Å². The molecule has 0 atom stereocenters. The third-order valence-corrected chi connectivity index (χ3v) is 5.26. The van der Waals surface area contributed by atoms with Gasteiger partial charge in [-0.15, -0.1) is 0 Å². The van der Waals surface area contributed by atoms with Gasteiger partial charge < -0.3 is 0 Å². The van der Waals surface area contributed by atoms with Crippen molar-refractivity contribution < 1.29 is 14.2 Å². The molecule has 0 unspecified atom stereocenters. The summed E-state index contributed by atoms with van der Waals surface area (Å²) >= 11 is 0. The van der Waals surface area contributed by atoms with Crippen LogP contribution in [0.1, 0.15) is 26.7 Å². The Morgan fingerprint density at radius 3 is 2.17 bits per heavy atom. The van der Waals surface area contributed by atoms with E-state index in [0.29, 0.717) is 0 Å². The molecule has 2 aliphatic heterocycles. The summed E-state index contributed by atoms with van der Waals surface area (Å²) in [5.41, 5.74) is 0. The van der Waals surface area contributed by atoms with E-state index in [-0.39, 0.29) is 5.28 Å². The van der Waals surface area contributed by atoms with Crippen LogP contribution in [-0.4, -0.2) is 28.2 Å². The van der Waals surface area contributed by atoms with Crippen LogP contribution in [0.25, 0.3) is 0 Å². The van der Waals surface area contributed by atoms with Crippen LogP contribution in [0.3, 0.4) is 0 Å². The van der Waals surface area contributed by atoms with Crippen molar-refractivity contribution in [3.8, 4) is 0 Å². The molecule has 0 saturated carbocycles. The summed E-state index contributed by atoms with van der Waals surface area (Å²) in [6, 6.07) is 0. The Bertz CT molecular complexity index is 187. The molecule has 0 aromatic heterocycles.